The van der Waals surface area contributed by atoms with Crippen LogP contribution in [-0.4, -0.2) is 30.7 Å². The lowest BCUT2D eigenvalue weighted by Gasteiger charge is -2.19. The molecule has 0 bridgehead atoms. The average molecular weight is 450 g/mol. The standard InChI is InChI=1S/C23H39N5O4/c1-2-3-4-5-6-7-8-9-10-11-12-13-14-15-16-18(22(30)32-31)28-20-19(25-17-26-20)21(29)27-23(28)24/h17-18,31H,2-16H2,1H3,(H,25,26)(H2,24,27,29). The van der Waals surface area contributed by atoms with Crippen LogP contribution in [0.1, 0.15) is 109 Å². The largest absolute Gasteiger partial charge is 0.369 e. The molecule has 2 rings (SSSR count). The van der Waals surface area contributed by atoms with Gasteiger partial charge in [0.1, 0.15) is 6.04 Å². The van der Waals surface area contributed by atoms with Crippen molar-refractivity contribution in [2.45, 2.75) is 109 Å². The van der Waals surface area contributed by atoms with Crippen molar-refractivity contribution in [1.29, 1.82) is 0 Å². The lowest BCUT2D eigenvalue weighted by atomic mass is 10.0. The van der Waals surface area contributed by atoms with Crippen LogP contribution in [0.25, 0.3) is 11.2 Å². The predicted molar refractivity (Wildman–Crippen MR) is 125 cm³/mol. The number of carbonyl (C=O) groups is 1. The third-order valence-electron chi connectivity index (χ3n) is 6.03. The van der Waals surface area contributed by atoms with Crippen molar-refractivity contribution >= 4 is 23.1 Å². The molecule has 0 saturated carbocycles. The smallest absolute Gasteiger partial charge is 0.364 e. The summed E-state index contributed by atoms with van der Waals surface area (Å²) < 4.78 is 1.36. The third-order valence-corrected chi connectivity index (χ3v) is 6.03. The molecule has 9 nitrogen and oxygen atoms in total. The molecule has 0 amide bonds. The topological polar surface area (TPSA) is 136 Å². The Balaban J connectivity index is 1.68. The molecule has 9 heteroatoms. The molecule has 0 aromatic carbocycles. The molecule has 0 aliphatic rings. The molecule has 0 spiro atoms. The Morgan fingerprint density at radius 1 is 1.03 bits per heavy atom. The fourth-order valence-corrected chi connectivity index (χ4v) is 4.20. The van der Waals surface area contributed by atoms with Gasteiger partial charge in [0, 0.05) is 0 Å². The van der Waals surface area contributed by atoms with Gasteiger partial charge >= 0.3 is 11.5 Å². The molecule has 0 aliphatic heterocycles. The number of nitrogens with zero attached hydrogens (tertiary/aromatic N) is 3. The van der Waals surface area contributed by atoms with E-state index in [2.05, 4.69) is 26.8 Å². The van der Waals surface area contributed by atoms with E-state index >= 15 is 0 Å². The summed E-state index contributed by atoms with van der Waals surface area (Å²) in [4.78, 5) is 38.7. The highest BCUT2D eigenvalue weighted by Crippen LogP contribution is 2.24. The van der Waals surface area contributed by atoms with Gasteiger partial charge in [-0.15, -0.1) is 0 Å². The maximum Gasteiger partial charge on any atom is 0.364 e. The van der Waals surface area contributed by atoms with Crippen LogP contribution < -0.4 is 11.3 Å². The van der Waals surface area contributed by atoms with E-state index < -0.39 is 17.6 Å². The van der Waals surface area contributed by atoms with Crippen molar-refractivity contribution in [3.05, 3.63) is 16.7 Å². The summed E-state index contributed by atoms with van der Waals surface area (Å²) in [5, 5.41) is 8.94. The number of rotatable bonds is 17. The first kappa shape index (κ1) is 25.8. The zero-order valence-corrected chi connectivity index (χ0v) is 19.4. The van der Waals surface area contributed by atoms with E-state index in [-0.39, 0.29) is 17.1 Å². The first-order chi connectivity index (χ1) is 15.6. The highest BCUT2D eigenvalue weighted by molar-refractivity contribution is 5.78. The number of aromatic amines is 1. The summed E-state index contributed by atoms with van der Waals surface area (Å²) in [5.41, 5.74) is 5.74. The molecule has 2 aromatic heterocycles. The van der Waals surface area contributed by atoms with Crippen LogP contribution in [-0.2, 0) is 9.68 Å². The van der Waals surface area contributed by atoms with Crippen LogP contribution in [0.3, 0.4) is 0 Å². The first-order valence-electron chi connectivity index (χ1n) is 12.2. The van der Waals surface area contributed by atoms with Gasteiger partial charge in [-0.1, -0.05) is 96.8 Å². The molecular weight excluding hydrogens is 410 g/mol. The fourth-order valence-electron chi connectivity index (χ4n) is 4.20. The van der Waals surface area contributed by atoms with Crippen LogP contribution in [0.4, 0.5) is 5.95 Å². The second-order valence-corrected chi connectivity index (χ2v) is 8.56. The number of anilines is 1. The van der Waals surface area contributed by atoms with Gasteiger partial charge in [0.2, 0.25) is 5.95 Å². The van der Waals surface area contributed by atoms with Gasteiger partial charge in [-0.2, -0.15) is 10.2 Å². The van der Waals surface area contributed by atoms with E-state index in [1.807, 2.05) is 0 Å². The first-order valence-corrected chi connectivity index (χ1v) is 12.2. The van der Waals surface area contributed by atoms with Crippen LogP contribution in [0, 0.1) is 0 Å². The summed E-state index contributed by atoms with van der Waals surface area (Å²) in [6.07, 6.45) is 19.1. The van der Waals surface area contributed by atoms with Crippen LogP contribution >= 0.6 is 0 Å². The zero-order chi connectivity index (χ0) is 23.2. The molecule has 1 unspecified atom stereocenters. The van der Waals surface area contributed by atoms with Gasteiger partial charge in [0.05, 0.1) is 6.33 Å². The van der Waals surface area contributed by atoms with E-state index in [9.17, 15) is 9.59 Å². The molecule has 0 aliphatic carbocycles. The summed E-state index contributed by atoms with van der Waals surface area (Å²) >= 11 is 0. The maximum absolute atomic E-state index is 12.2. The fraction of sp³-hybridized carbons (Fsp3) is 0.739. The molecule has 2 heterocycles. The van der Waals surface area contributed by atoms with Gasteiger partial charge in [-0.05, 0) is 6.42 Å². The minimum absolute atomic E-state index is 0.129. The molecule has 0 saturated heterocycles. The monoisotopic (exact) mass is 449 g/mol. The minimum atomic E-state index is -0.892. The molecule has 1 atom stereocenters. The second-order valence-electron chi connectivity index (χ2n) is 8.56. The molecule has 2 aromatic rings. The Labute approximate surface area is 189 Å². The molecular formula is C23H39N5O4. The number of hydrogen-bond acceptors (Lipinski definition) is 7. The SMILES string of the molecule is CCCCCCCCCCCCCCCCC(C(=O)OO)n1c(N)nc(=O)c2[nH]cnc21. The molecule has 0 fully saturated rings. The molecule has 32 heavy (non-hydrogen) atoms. The van der Waals surface area contributed by atoms with Gasteiger partial charge in [0.25, 0.3) is 0 Å². The van der Waals surface area contributed by atoms with Crippen molar-refractivity contribution in [3.63, 3.8) is 0 Å². The van der Waals surface area contributed by atoms with Gasteiger partial charge < -0.3 is 10.7 Å². The Morgan fingerprint density at radius 2 is 1.56 bits per heavy atom. The number of aromatic nitrogens is 4. The molecule has 0 radical (unpaired) electrons. The number of imidazole rings is 1. The highest BCUT2D eigenvalue weighted by Gasteiger charge is 2.27. The highest BCUT2D eigenvalue weighted by atomic mass is 17.1. The lowest BCUT2D eigenvalue weighted by Crippen LogP contribution is -2.27. The van der Waals surface area contributed by atoms with E-state index in [4.69, 9.17) is 11.0 Å². The number of nitrogens with one attached hydrogen (secondary N) is 1. The third kappa shape index (κ3) is 7.93. The van der Waals surface area contributed by atoms with Gasteiger partial charge in [-0.25, -0.2) is 9.78 Å². The summed E-state index contributed by atoms with van der Waals surface area (Å²) in [6.45, 7) is 2.25. The quantitative estimate of drug-likeness (QED) is 0.173. The van der Waals surface area contributed by atoms with Crippen molar-refractivity contribution in [2.24, 2.45) is 0 Å². The molecule has 180 valence electrons. The normalized spacial score (nSPS) is 12.3. The Bertz CT molecular complexity index is 864. The van der Waals surface area contributed by atoms with Crippen LogP contribution in [0.15, 0.2) is 11.1 Å². The minimum Gasteiger partial charge on any atom is -0.369 e. The summed E-state index contributed by atoms with van der Waals surface area (Å²) in [7, 11) is 0. The Kier molecular flexibility index (Phi) is 11.8. The summed E-state index contributed by atoms with van der Waals surface area (Å²) in [5.74, 6) is -0.975. The molecule has 4 N–H and O–H groups in total. The average Bonchev–Trinajstić information content (AvgIpc) is 3.27. The number of carbonyl (C=O) groups excluding carboxylic acids is 1. The van der Waals surface area contributed by atoms with E-state index in [0.717, 1.165) is 19.3 Å². The van der Waals surface area contributed by atoms with Crippen molar-refractivity contribution in [1.82, 2.24) is 19.5 Å². The number of hydrogen-bond donors (Lipinski definition) is 3. The number of nitrogens with two attached hydrogens (primary N) is 1. The van der Waals surface area contributed by atoms with Crippen LogP contribution in [0.5, 0.6) is 0 Å². The lowest BCUT2D eigenvalue weighted by molar-refractivity contribution is -0.238. The van der Waals surface area contributed by atoms with Crippen LogP contribution in [0.2, 0.25) is 0 Å². The number of unbranched alkanes of at least 4 members (excludes halogenated alkanes) is 13. The predicted octanol–water partition coefficient (Wildman–Crippen LogP) is 5.13. The van der Waals surface area contributed by atoms with Gasteiger partial charge in [0.15, 0.2) is 11.2 Å². The van der Waals surface area contributed by atoms with Crippen molar-refractivity contribution in [2.75, 3.05) is 5.73 Å². The number of nitrogen functional groups attached to an aromatic ring is 1. The van der Waals surface area contributed by atoms with Gasteiger partial charge in [-0.3, -0.25) is 14.2 Å². The van der Waals surface area contributed by atoms with Crippen molar-refractivity contribution < 1.29 is 14.9 Å². The van der Waals surface area contributed by atoms with E-state index in [0.29, 0.717) is 6.42 Å². The Hall–Kier alpha value is -2.42. The zero-order valence-electron chi connectivity index (χ0n) is 19.4. The second kappa shape index (κ2) is 14.6. The maximum atomic E-state index is 12.2. The van der Waals surface area contributed by atoms with Crippen molar-refractivity contribution in [3.8, 4) is 0 Å². The van der Waals surface area contributed by atoms with E-state index in [1.54, 1.807) is 0 Å². The summed E-state index contributed by atoms with van der Waals surface area (Å²) in [6, 6.07) is -0.892. The van der Waals surface area contributed by atoms with E-state index in [1.165, 1.54) is 81.5 Å². The number of fused-ring (bicyclic) bond motifs is 1. The Morgan fingerprint density at radius 3 is 2.09 bits per heavy atom. The number of H-pyrrole nitrogens is 1.